The molecule has 0 bridgehead atoms. The lowest BCUT2D eigenvalue weighted by atomic mass is 10.1. The number of benzene rings is 2. The van der Waals surface area contributed by atoms with Crippen molar-refractivity contribution in [1.82, 2.24) is 4.90 Å². The fourth-order valence-corrected chi connectivity index (χ4v) is 3.27. The van der Waals surface area contributed by atoms with Crippen LogP contribution < -0.4 is 9.64 Å². The summed E-state index contributed by atoms with van der Waals surface area (Å²) >= 11 is 0. The quantitative estimate of drug-likeness (QED) is 0.865. The highest BCUT2D eigenvalue weighted by Gasteiger charge is 2.33. The standard InChI is InChI=1S/C20H24N2O2/c1-15-7-6-8-17(13-15)14-21-11-12-22(20(23)16(21)2)18-9-4-5-10-19(18)24-3/h4-10,13,16H,11-12,14H2,1-3H3/t16-/m1/s1. The van der Waals surface area contributed by atoms with Crippen molar-refractivity contribution in [2.75, 3.05) is 25.1 Å². The number of hydrogen-bond donors (Lipinski definition) is 0. The number of anilines is 1. The third-order valence-electron chi connectivity index (χ3n) is 4.63. The molecule has 0 saturated carbocycles. The molecule has 126 valence electrons. The molecule has 3 rings (SSSR count). The Labute approximate surface area is 143 Å². The fourth-order valence-electron chi connectivity index (χ4n) is 3.27. The normalized spacial score (nSPS) is 18.7. The van der Waals surface area contributed by atoms with E-state index in [1.807, 2.05) is 36.1 Å². The molecule has 2 aromatic rings. The van der Waals surface area contributed by atoms with Crippen molar-refractivity contribution < 1.29 is 9.53 Å². The van der Waals surface area contributed by atoms with Gasteiger partial charge < -0.3 is 9.64 Å². The van der Waals surface area contributed by atoms with Gasteiger partial charge in [-0.3, -0.25) is 9.69 Å². The van der Waals surface area contributed by atoms with Gasteiger partial charge in [-0.2, -0.15) is 0 Å². The third-order valence-corrected chi connectivity index (χ3v) is 4.63. The van der Waals surface area contributed by atoms with E-state index in [1.54, 1.807) is 7.11 Å². The number of methoxy groups -OCH3 is 1. The van der Waals surface area contributed by atoms with E-state index >= 15 is 0 Å². The Balaban J connectivity index is 1.76. The minimum absolute atomic E-state index is 0.124. The summed E-state index contributed by atoms with van der Waals surface area (Å²) in [6, 6.07) is 16.0. The van der Waals surface area contributed by atoms with Gasteiger partial charge in [0.2, 0.25) is 5.91 Å². The van der Waals surface area contributed by atoms with E-state index in [-0.39, 0.29) is 11.9 Å². The van der Waals surface area contributed by atoms with Crippen molar-refractivity contribution in [2.24, 2.45) is 0 Å². The summed E-state index contributed by atoms with van der Waals surface area (Å²) in [5.41, 5.74) is 3.35. The van der Waals surface area contributed by atoms with E-state index in [9.17, 15) is 4.79 Å². The first-order valence-electron chi connectivity index (χ1n) is 8.34. The molecule has 0 spiro atoms. The van der Waals surface area contributed by atoms with Gasteiger partial charge in [0, 0.05) is 19.6 Å². The molecule has 1 fully saturated rings. The van der Waals surface area contributed by atoms with E-state index in [2.05, 4.69) is 36.1 Å². The highest BCUT2D eigenvalue weighted by atomic mass is 16.5. The molecule has 4 nitrogen and oxygen atoms in total. The highest BCUT2D eigenvalue weighted by Crippen LogP contribution is 2.30. The van der Waals surface area contributed by atoms with Crippen LogP contribution in [0.1, 0.15) is 18.1 Å². The largest absolute Gasteiger partial charge is 0.495 e. The number of nitrogens with zero attached hydrogens (tertiary/aromatic N) is 2. The van der Waals surface area contributed by atoms with Crippen LogP contribution in [0.25, 0.3) is 0 Å². The van der Waals surface area contributed by atoms with E-state index < -0.39 is 0 Å². The molecule has 24 heavy (non-hydrogen) atoms. The molecule has 1 atom stereocenters. The summed E-state index contributed by atoms with van der Waals surface area (Å²) in [5.74, 6) is 0.864. The smallest absolute Gasteiger partial charge is 0.244 e. The zero-order valence-corrected chi connectivity index (χ0v) is 14.5. The van der Waals surface area contributed by atoms with Crippen molar-refractivity contribution in [3.63, 3.8) is 0 Å². The molecule has 0 N–H and O–H groups in total. The fraction of sp³-hybridized carbons (Fsp3) is 0.350. The van der Waals surface area contributed by atoms with Crippen molar-refractivity contribution in [3.05, 3.63) is 59.7 Å². The van der Waals surface area contributed by atoms with Crippen LogP contribution in [-0.4, -0.2) is 37.0 Å². The molecular weight excluding hydrogens is 300 g/mol. The van der Waals surface area contributed by atoms with Gasteiger partial charge in [-0.05, 0) is 31.5 Å². The lowest BCUT2D eigenvalue weighted by Crippen LogP contribution is -2.55. The molecule has 0 radical (unpaired) electrons. The van der Waals surface area contributed by atoms with Gasteiger partial charge in [0.25, 0.3) is 0 Å². The number of carbonyl (C=O) groups is 1. The molecule has 1 saturated heterocycles. The minimum atomic E-state index is -0.149. The number of rotatable bonds is 4. The average Bonchev–Trinajstić information content (AvgIpc) is 2.59. The Hall–Kier alpha value is -2.33. The van der Waals surface area contributed by atoms with Crippen molar-refractivity contribution in [3.8, 4) is 5.75 Å². The van der Waals surface area contributed by atoms with Crippen LogP contribution in [0.4, 0.5) is 5.69 Å². The van der Waals surface area contributed by atoms with Crippen LogP contribution in [0, 0.1) is 6.92 Å². The Kier molecular flexibility index (Phi) is 4.86. The molecular formula is C20H24N2O2. The number of aryl methyl sites for hydroxylation is 1. The topological polar surface area (TPSA) is 32.8 Å². The SMILES string of the molecule is COc1ccccc1N1CCN(Cc2cccc(C)c2)[C@H](C)C1=O. The number of carbonyl (C=O) groups excluding carboxylic acids is 1. The molecule has 1 aliphatic heterocycles. The number of hydrogen-bond acceptors (Lipinski definition) is 3. The highest BCUT2D eigenvalue weighted by molar-refractivity contribution is 5.98. The lowest BCUT2D eigenvalue weighted by Gasteiger charge is -2.39. The molecule has 4 heteroatoms. The Morgan fingerprint density at radius 2 is 1.92 bits per heavy atom. The Bertz CT molecular complexity index is 729. The number of piperazine rings is 1. The summed E-state index contributed by atoms with van der Waals surface area (Å²) in [5, 5.41) is 0. The van der Waals surface area contributed by atoms with E-state index in [0.717, 1.165) is 24.5 Å². The van der Waals surface area contributed by atoms with Gasteiger partial charge in [-0.15, -0.1) is 0 Å². The van der Waals surface area contributed by atoms with Gasteiger partial charge in [-0.25, -0.2) is 0 Å². The first-order chi connectivity index (χ1) is 11.6. The number of amides is 1. The Morgan fingerprint density at radius 3 is 2.67 bits per heavy atom. The maximum atomic E-state index is 12.9. The van der Waals surface area contributed by atoms with Gasteiger partial charge in [0.1, 0.15) is 5.75 Å². The maximum Gasteiger partial charge on any atom is 0.244 e. The summed E-state index contributed by atoms with van der Waals surface area (Å²) in [6.45, 7) is 6.40. The molecule has 1 heterocycles. The molecule has 0 aromatic heterocycles. The Morgan fingerprint density at radius 1 is 1.12 bits per heavy atom. The second-order valence-corrected chi connectivity index (χ2v) is 6.30. The molecule has 1 amide bonds. The predicted molar refractivity (Wildman–Crippen MR) is 96.4 cm³/mol. The van der Waals surface area contributed by atoms with Crippen LogP contribution >= 0.6 is 0 Å². The zero-order valence-electron chi connectivity index (χ0n) is 14.5. The first-order valence-corrected chi connectivity index (χ1v) is 8.34. The lowest BCUT2D eigenvalue weighted by molar-refractivity contribution is -0.125. The van der Waals surface area contributed by atoms with Crippen LogP contribution in [0.3, 0.4) is 0 Å². The van der Waals surface area contributed by atoms with E-state index in [0.29, 0.717) is 6.54 Å². The second kappa shape index (κ2) is 7.05. The van der Waals surface area contributed by atoms with E-state index in [4.69, 9.17) is 4.74 Å². The van der Waals surface area contributed by atoms with Crippen molar-refractivity contribution in [2.45, 2.75) is 26.4 Å². The third kappa shape index (κ3) is 3.29. The number of ether oxygens (including phenoxy) is 1. The summed E-state index contributed by atoms with van der Waals surface area (Å²) in [7, 11) is 1.64. The van der Waals surface area contributed by atoms with Crippen LogP contribution in [0.5, 0.6) is 5.75 Å². The van der Waals surface area contributed by atoms with Crippen molar-refractivity contribution in [1.29, 1.82) is 0 Å². The van der Waals surface area contributed by atoms with Crippen LogP contribution in [0.2, 0.25) is 0 Å². The van der Waals surface area contributed by atoms with Gasteiger partial charge >= 0.3 is 0 Å². The molecule has 0 aliphatic carbocycles. The van der Waals surface area contributed by atoms with E-state index in [1.165, 1.54) is 11.1 Å². The number of para-hydroxylation sites is 2. The average molecular weight is 324 g/mol. The molecule has 0 unspecified atom stereocenters. The second-order valence-electron chi connectivity index (χ2n) is 6.30. The monoisotopic (exact) mass is 324 g/mol. The van der Waals surface area contributed by atoms with Gasteiger partial charge in [0.15, 0.2) is 0 Å². The summed E-state index contributed by atoms with van der Waals surface area (Å²) in [6.07, 6.45) is 0. The van der Waals surface area contributed by atoms with Crippen LogP contribution in [-0.2, 0) is 11.3 Å². The molecule has 2 aromatic carbocycles. The first kappa shape index (κ1) is 16.5. The zero-order chi connectivity index (χ0) is 17.1. The summed E-state index contributed by atoms with van der Waals surface area (Å²) in [4.78, 5) is 17.0. The van der Waals surface area contributed by atoms with Gasteiger partial charge in [0.05, 0.1) is 18.8 Å². The maximum absolute atomic E-state index is 12.9. The summed E-state index contributed by atoms with van der Waals surface area (Å²) < 4.78 is 5.41. The minimum Gasteiger partial charge on any atom is -0.495 e. The van der Waals surface area contributed by atoms with Crippen LogP contribution in [0.15, 0.2) is 48.5 Å². The van der Waals surface area contributed by atoms with Gasteiger partial charge in [-0.1, -0.05) is 42.0 Å². The molecule has 1 aliphatic rings. The predicted octanol–water partition coefficient (Wildman–Crippen LogP) is 3.24. The van der Waals surface area contributed by atoms with Crippen molar-refractivity contribution >= 4 is 11.6 Å².